The Morgan fingerprint density at radius 1 is 1.61 bits per heavy atom. The predicted molar refractivity (Wildman–Crippen MR) is 73.8 cm³/mol. The fourth-order valence-electron chi connectivity index (χ4n) is 1.36. The third-order valence-electron chi connectivity index (χ3n) is 2.33. The molecule has 0 unspecified atom stereocenters. The van der Waals surface area contributed by atoms with Crippen molar-refractivity contribution >= 4 is 26.0 Å². The number of sulfonamides is 1. The second-order valence-corrected chi connectivity index (χ2v) is 6.44. The lowest BCUT2D eigenvalue weighted by Crippen LogP contribution is -2.26. The van der Waals surface area contributed by atoms with Gasteiger partial charge in [0.05, 0.1) is 6.54 Å². The molecular formula is C11H17BrN2O3S. The van der Waals surface area contributed by atoms with Crippen molar-refractivity contribution in [2.45, 2.75) is 18.4 Å². The van der Waals surface area contributed by atoms with Gasteiger partial charge in [0.25, 0.3) is 0 Å². The maximum Gasteiger partial charge on any atom is 0.247 e. The van der Waals surface area contributed by atoms with E-state index >= 15 is 0 Å². The molecule has 0 aliphatic rings. The standard InChI is InChI=1S/C11H17BrN2O3S/c1-4-6-14(3)18(15,16)10-7-9(8-13-5-2)17-11(10)12/h4,7,13H,1,5-6,8H2,2-3H3. The minimum Gasteiger partial charge on any atom is -0.452 e. The molecule has 0 bridgehead atoms. The lowest BCUT2D eigenvalue weighted by Gasteiger charge is -2.13. The molecule has 0 spiro atoms. The fraction of sp³-hybridized carbons (Fsp3) is 0.455. The van der Waals surface area contributed by atoms with Crippen LogP contribution < -0.4 is 5.32 Å². The highest BCUT2D eigenvalue weighted by atomic mass is 79.9. The molecule has 102 valence electrons. The van der Waals surface area contributed by atoms with Crippen LogP contribution in [0.1, 0.15) is 12.7 Å². The predicted octanol–water partition coefficient (Wildman–Crippen LogP) is 1.96. The number of halogens is 1. The molecule has 0 aliphatic heterocycles. The van der Waals surface area contributed by atoms with Crippen molar-refractivity contribution in [3.63, 3.8) is 0 Å². The van der Waals surface area contributed by atoms with Crippen molar-refractivity contribution in [2.75, 3.05) is 20.1 Å². The van der Waals surface area contributed by atoms with Crippen LogP contribution in [0.15, 0.2) is 32.7 Å². The van der Waals surface area contributed by atoms with Gasteiger partial charge in [0, 0.05) is 19.7 Å². The molecule has 0 fully saturated rings. The van der Waals surface area contributed by atoms with Gasteiger partial charge in [0.15, 0.2) is 4.67 Å². The van der Waals surface area contributed by atoms with Gasteiger partial charge in [-0.15, -0.1) is 6.58 Å². The maximum absolute atomic E-state index is 12.2. The quantitative estimate of drug-likeness (QED) is 0.773. The van der Waals surface area contributed by atoms with E-state index in [9.17, 15) is 8.42 Å². The smallest absolute Gasteiger partial charge is 0.247 e. The molecule has 0 radical (unpaired) electrons. The third-order valence-corrected chi connectivity index (χ3v) is 5.01. The number of hydrogen-bond donors (Lipinski definition) is 1. The van der Waals surface area contributed by atoms with Crippen molar-refractivity contribution < 1.29 is 12.8 Å². The zero-order valence-corrected chi connectivity index (χ0v) is 12.8. The summed E-state index contributed by atoms with van der Waals surface area (Å²) in [6.07, 6.45) is 1.53. The van der Waals surface area contributed by atoms with Gasteiger partial charge >= 0.3 is 0 Å². The van der Waals surface area contributed by atoms with Crippen LogP contribution in [0.5, 0.6) is 0 Å². The lowest BCUT2D eigenvalue weighted by molar-refractivity contribution is 0.460. The molecule has 0 saturated carbocycles. The fourth-order valence-corrected chi connectivity index (χ4v) is 3.46. The molecule has 1 N–H and O–H groups in total. The summed E-state index contributed by atoms with van der Waals surface area (Å²) in [5.41, 5.74) is 0. The minimum atomic E-state index is -3.54. The average Bonchev–Trinajstić information content (AvgIpc) is 2.69. The van der Waals surface area contributed by atoms with E-state index in [2.05, 4.69) is 27.8 Å². The Hall–Kier alpha value is -0.630. The average molecular weight is 337 g/mol. The van der Waals surface area contributed by atoms with Crippen molar-refractivity contribution in [1.29, 1.82) is 0 Å². The molecule has 1 aromatic heterocycles. The van der Waals surface area contributed by atoms with Crippen LogP contribution >= 0.6 is 15.9 Å². The van der Waals surface area contributed by atoms with Crippen molar-refractivity contribution in [1.82, 2.24) is 9.62 Å². The summed E-state index contributed by atoms with van der Waals surface area (Å²) in [5, 5.41) is 3.07. The first-order valence-electron chi connectivity index (χ1n) is 5.49. The van der Waals surface area contributed by atoms with E-state index in [1.165, 1.54) is 23.5 Å². The first-order valence-corrected chi connectivity index (χ1v) is 7.73. The second-order valence-electron chi connectivity index (χ2n) is 3.71. The van der Waals surface area contributed by atoms with Gasteiger partial charge in [-0.3, -0.25) is 0 Å². The summed E-state index contributed by atoms with van der Waals surface area (Å²) >= 11 is 3.14. The van der Waals surface area contributed by atoms with Gasteiger partial charge in [0.1, 0.15) is 10.7 Å². The summed E-state index contributed by atoms with van der Waals surface area (Å²) in [7, 11) is -2.04. The minimum absolute atomic E-state index is 0.139. The summed E-state index contributed by atoms with van der Waals surface area (Å²) < 4.78 is 31.2. The molecular weight excluding hydrogens is 320 g/mol. The molecule has 0 amide bonds. The van der Waals surface area contributed by atoms with Gasteiger partial charge < -0.3 is 9.73 Å². The molecule has 0 atom stereocenters. The molecule has 18 heavy (non-hydrogen) atoms. The third kappa shape index (κ3) is 3.44. The SMILES string of the molecule is C=CCN(C)S(=O)(=O)c1cc(CNCC)oc1Br. The van der Waals surface area contributed by atoms with Crippen LogP contribution in [0.2, 0.25) is 0 Å². The Morgan fingerprint density at radius 3 is 2.83 bits per heavy atom. The van der Waals surface area contributed by atoms with E-state index < -0.39 is 10.0 Å². The molecule has 0 saturated heterocycles. The molecule has 1 aromatic rings. The molecule has 7 heteroatoms. The van der Waals surface area contributed by atoms with Crippen LogP contribution in [0.3, 0.4) is 0 Å². The number of likely N-dealkylation sites (N-methyl/N-ethyl adjacent to an activating group) is 1. The lowest BCUT2D eigenvalue weighted by atomic mass is 10.4. The Bertz CT molecular complexity index is 510. The largest absolute Gasteiger partial charge is 0.452 e. The maximum atomic E-state index is 12.2. The van der Waals surface area contributed by atoms with Crippen molar-refractivity contribution in [3.05, 3.63) is 29.2 Å². The normalized spacial score (nSPS) is 12.0. The van der Waals surface area contributed by atoms with Gasteiger partial charge in [0.2, 0.25) is 10.0 Å². The second kappa shape index (κ2) is 6.51. The molecule has 0 aromatic carbocycles. The van der Waals surface area contributed by atoms with Gasteiger partial charge in [-0.05, 0) is 22.5 Å². The van der Waals surface area contributed by atoms with E-state index in [1.807, 2.05) is 6.92 Å². The van der Waals surface area contributed by atoms with Crippen LogP contribution in [0.4, 0.5) is 0 Å². The van der Waals surface area contributed by atoms with Gasteiger partial charge in [-0.25, -0.2) is 8.42 Å². The highest BCUT2D eigenvalue weighted by Gasteiger charge is 2.26. The van der Waals surface area contributed by atoms with E-state index in [1.54, 1.807) is 0 Å². The monoisotopic (exact) mass is 336 g/mol. The Labute approximate surface area is 116 Å². The van der Waals surface area contributed by atoms with Crippen molar-refractivity contribution in [3.8, 4) is 0 Å². The van der Waals surface area contributed by atoms with Crippen LogP contribution in [-0.2, 0) is 16.6 Å². The topological polar surface area (TPSA) is 62.6 Å². The number of nitrogens with one attached hydrogen (secondary N) is 1. The summed E-state index contributed by atoms with van der Waals surface area (Å²) in [6, 6.07) is 1.53. The van der Waals surface area contributed by atoms with E-state index in [0.717, 1.165) is 6.54 Å². The highest BCUT2D eigenvalue weighted by Crippen LogP contribution is 2.28. The Kier molecular flexibility index (Phi) is 5.58. The number of rotatable bonds is 7. The Balaban J connectivity index is 3.01. The number of nitrogens with zero attached hydrogens (tertiary/aromatic N) is 1. The number of furan rings is 1. The Morgan fingerprint density at radius 2 is 2.28 bits per heavy atom. The molecule has 5 nitrogen and oxygen atoms in total. The summed E-state index contributed by atoms with van der Waals surface area (Å²) in [4.78, 5) is 0.139. The highest BCUT2D eigenvalue weighted by molar-refractivity contribution is 9.10. The van der Waals surface area contributed by atoms with Gasteiger partial charge in [-0.2, -0.15) is 4.31 Å². The van der Waals surface area contributed by atoms with Crippen LogP contribution in [0.25, 0.3) is 0 Å². The molecule has 1 rings (SSSR count). The first kappa shape index (κ1) is 15.4. The summed E-state index contributed by atoms with van der Waals surface area (Å²) in [6.45, 7) is 7.03. The van der Waals surface area contributed by atoms with E-state index in [4.69, 9.17) is 4.42 Å². The molecule has 0 aliphatic carbocycles. The van der Waals surface area contributed by atoms with E-state index in [0.29, 0.717) is 12.3 Å². The van der Waals surface area contributed by atoms with Gasteiger partial charge in [-0.1, -0.05) is 13.0 Å². The molecule has 1 heterocycles. The van der Waals surface area contributed by atoms with Crippen LogP contribution in [0, 0.1) is 0 Å². The number of hydrogen-bond acceptors (Lipinski definition) is 4. The summed E-state index contributed by atoms with van der Waals surface area (Å²) in [5.74, 6) is 0.578. The zero-order chi connectivity index (χ0) is 13.8. The first-order chi connectivity index (χ1) is 8.43. The van der Waals surface area contributed by atoms with E-state index in [-0.39, 0.29) is 16.1 Å². The van der Waals surface area contributed by atoms with Crippen LogP contribution in [-0.4, -0.2) is 32.9 Å². The zero-order valence-electron chi connectivity index (χ0n) is 10.4. The van der Waals surface area contributed by atoms with Crippen molar-refractivity contribution in [2.24, 2.45) is 0 Å².